The fourth-order valence-corrected chi connectivity index (χ4v) is 6.96. The first-order chi connectivity index (χ1) is 11.2. The van der Waals surface area contributed by atoms with Crippen molar-refractivity contribution in [1.29, 1.82) is 0 Å². The van der Waals surface area contributed by atoms with Crippen molar-refractivity contribution in [1.82, 2.24) is 0 Å². The fourth-order valence-electron chi connectivity index (χ4n) is 6.96. The minimum Gasteiger partial charge on any atom is -0.365 e. The number of rotatable bonds is 0. The SMILES string of the molecule is CC1=C(C)[C@@]2(C)[C@@H]3[C@@H]([C@H]4O[C@@H]3c3ccccc34)[C@@]1(C)C(=O)C2(C)C. The number of allylic oxidation sites excluding steroid dienone is 2. The van der Waals surface area contributed by atoms with Gasteiger partial charge < -0.3 is 4.74 Å². The van der Waals surface area contributed by atoms with Gasteiger partial charge in [0, 0.05) is 22.7 Å². The standard InChI is InChI=1S/C22H26O2/c1-11-12(2)22(6)16-15(21(11,5)19(23)20(22,3)4)17-13-9-7-8-10-14(13)18(16)24-17/h7-10,15-18H,1-6H3/t15-,16+,17-,18+,21-,22-/m0/s1. The molecule has 6 atom stereocenters. The molecule has 0 aromatic heterocycles. The monoisotopic (exact) mass is 322 g/mol. The van der Waals surface area contributed by atoms with Crippen LogP contribution in [0, 0.1) is 28.1 Å². The highest BCUT2D eigenvalue weighted by Crippen LogP contribution is 2.78. The van der Waals surface area contributed by atoms with Crippen LogP contribution in [0.4, 0.5) is 0 Å². The quantitative estimate of drug-likeness (QED) is 0.627. The summed E-state index contributed by atoms with van der Waals surface area (Å²) < 4.78 is 6.56. The molecule has 1 saturated heterocycles. The Morgan fingerprint density at radius 2 is 1.42 bits per heavy atom. The van der Waals surface area contributed by atoms with E-state index in [4.69, 9.17) is 4.74 Å². The Morgan fingerprint density at radius 1 is 0.875 bits per heavy atom. The maximum Gasteiger partial charge on any atom is 0.149 e. The highest BCUT2D eigenvalue weighted by atomic mass is 16.5. The topological polar surface area (TPSA) is 26.3 Å². The maximum atomic E-state index is 13.6. The lowest BCUT2D eigenvalue weighted by Gasteiger charge is -2.66. The molecular formula is C22H26O2. The second kappa shape index (κ2) is 3.88. The Bertz CT molecular complexity index is 832. The molecule has 126 valence electrons. The van der Waals surface area contributed by atoms with Gasteiger partial charge in [-0.1, -0.05) is 56.2 Å². The lowest BCUT2D eigenvalue weighted by Crippen LogP contribution is -2.67. The van der Waals surface area contributed by atoms with E-state index in [0.29, 0.717) is 11.7 Å². The van der Waals surface area contributed by atoms with Gasteiger partial charge in [-0.3, -0.25) is 4.79 Å². The summed E-state index contributed by atoms with van der Waals surface area (Å²) in [5, 5.41) is 0. The van der Waals surface area contributed by atoms with E-state index >= 15 is 0 Å². The summed E-state index contributed by atoms with van der Waals surface area (Å²) in [6.45, 7) is 13.3. The Hall–Kier alpha value is -1.41. The van der Waals surface area contributed by atoms with Gasteiger partial charge in [-0.25, -0.2) is 0 Å². The second-order valence-corrected chi connectivity index (χ2v) is 9.27. The smallest absolute Gasteiger partial charge is 0.149 e. The van der Waals surface area contributed by atoms with Gasteiger partial charge in [0.1, 0.15) is 5.78 Å². The van der Waals surface area contributed by atoms with Crippen LogP contribution in [0.15, 0.2) is 35.4 Å². The third-order valence-corrected chi connectivity index (χ3v) is 8.73. The van der Waals surface area contributed by atoms with Crippen LogP contribution in [0.3, 0.4) is 0 Å². The van der Waals surface area contributed by atoms with Crippen LogP contribution in [0.2, 0.25) is 0 Å². The lowest BCUT2D eigenvalue weighted by atomic mass is 9.34. The summed E-state index contributed by atoms with van der Waals surface area (Å²) in [5.74, 6) is 1.07. The molecule has 0 N–H and O–H groups in total. The number of benzene rings is 1. The normalized spacial score (nSPS) is 47.2. The van der Waals surface area contributed by atoms with Crippen molar-refractivity contribution >= 4 is 5.78 Å². The zero-order valence-corrected chi connectivity index (χ0v) is 15.4. The van der Waals surface area contributed by atoms with Crippen LogP contribution < -0.4 is 0 Å². The molecule has 2 heterocycles. The zero-order valence-electron chi connectivity index (χ0n) is 15.4. The molecule has 24 heavy (non-hydrogen) atoms. The number of hydrogen-bond acceptors (Lipinski definition) is 2. The molecule has 1 aromatic rings. The fraction of sp³-hybridized carbons (Fsp3) is 0.591. The Balaban J connectivity index is 1.85. The maximum absolute atomic E-state index is 13.6. The Morgan fingerprint density at radius 3 is 2.00 bits per heavy atom. The molecule has 2 nitrogen and oxygen atoms in total. The van der Waals surface area contributed by atoms with Crippen LogP contribution in [-0.4, -0.2) is 5.78 Å². The largest absolute Gasteiger partial charge is 0.365 e. The van der Waals surface area contributed by atoms with E-state index in [2.05, 4.69) is 65.8 Å². The second-order valence-electron chi connectivity index (χ2n) is 9.27. The van der Waals surface area contributed by atoms with E-state index in [-0.39, 0.29) is 29.0 Å². The van der Waals surface area contributed by atoms with Gasteiger partial charge in [-0.15, -0.1) is 0 Å². The summed E-state index contributed by atoms with van der Waals surface area (Å²) in [6.07, 6.45) is 0.208. The van der Waals surface area contributed by atoms with E-state index in [9.17, 15) is 4.79 Å². The predicted molar refractivity (Wildman–Crippen MR) is 93.4 cm³/mol. The molecular weight excluding hydrogens is 296 g/mol. The van der Waals surface area contributed by atoms with Gasteiger partial charge in [-0.2, -0.15) is 0 Å². The average molecular weight is 322 g/mol. The molecule has 2 aliphatic heterocycles. The van der Waals surface area contributed by atoms with Crippen molar-refractivity contribution in [3.8, 4) is 0 Å². The molecule has 0 unspecified atom stereocenters. The molecule has 2 heteroatoms. The van der Waals surface area contributed by atoms with E-state index < -0.39 is 5.41 Å². The summed E-state index contributed by atoms with van der Waals surface area (Å²) >= 11 is 0. The van der Waals surface area contributed by atoms with E-state index in [1.807, 2.05) is 0 Å². The molecule has 0 amide bonds. The number of carbonyl (C=O) groups is 1. The Kier molecular flexibility index (Phi) is 2.41. The summed E-state index contributed by atoms with van der Waals surface area (Å²) in [7, 11) is 0. The van der Waals surface area contributed by atoms with Gasteiger partial charge in [0.25, 0.3) is 0 Å². The summed E-state index contributed by atoms with van der Waals surface area (Å²) in [6, 6.07) is 8.65. The molecule has 5 aliphatic rings. The van der Waals surface area contributed by atoms with Gasteiger partial charge in [0.2, 0.25) is 0 Å². The molecule has 0 spiro atoms. The molecule has 1 aromatic carbocycles. The molecule has 2 fully saturated rings. The number of fused-ring (bicyclic) bond motifs is 6. The number of ether oxygens (including phenoxy) is 1. The molecule has 3 aliphatic carbocycles. The minimum absolute atomic E-state index is 0.0728. The van der Waals surface area contributed by atoms with E-state index in [1.165, 1.54) is 22.3 Å². The van der Waals surface area contributed by atoms with E-state index in [1.54, 1.807) is 0 Å². The summed E-state index contributed by atoms with van der Waals surface area (Å²) in [4.78, 5) is 13.6. The van der Waals surface area contributed by atoms with Gasteiger partial charge in [0.05, 0.1) is 17.6 Å². The van der Waals surface area contributed by atoms with Crippen LogP contribution in [-0.2, 0) is 9.53 Å². The van der Waals surface area contributed by atoms with Crippen LogP contribution >= 0.6 is 0 Å². The lowest BCUT2D eigenvalue weighted by molar-refractivity contribution is -0.167. The first-order valence-electron chi connectivity index (χ1n) is 9.16. The van der Waals surface area contributed by atoms with E-state index in [0.717, 1.165) is 0 Å². The molecule has 1 saturated carbocycles. The van der Waals surface area contributed by atoms with Gasteiger partial charge >= 0.3 is 0 Å². The number of Topliss-reactive ketones (excluding diaryl/α,β-unsaturated/α-hetero) is 1. The highest BCUT2D eigenvalue weighted by Gasteiger charge is 2.76. The van der Waals surface area contributed by atoms with Crippen molar-refractivity contribution in [2.24, 2.45) is 28.1 Å². The number of carbonyl (C=O) groups excluding carboxylic acids is 1. The van der Waals surface area contributed by atoms with Crippen LogP contribution in [0.25, 0.3) is 0 Å². The number of ketones is 1. The van der Waals surface area contributed by atoms with Crippen LogP contribution in [0.5, 0.6) is 0 Å². The van der Waals surface area contributed by atoms with Crippen molar-refractivity contribution in [2.75, 3.05) is 0 Å². The third-order valence-electron chi connectivity index (χ3n) is 8.73. The van der Waals surface area contributed by atoms with Gasteiger partial charge in [-0.05, 0) is 31.9 Å². The average Bonchev–Trinajstić information content (AvgIpc) is 3.13. The van der Waals surface area contributed by atoms with Crippen molar-refractivity contribution in [3.63, 3.8) is 0 Å². The van der Waals surface area contributed by atoms with Crippen molar-refractivity contribution in [3.05, 3.63) is 46.5 Å². The van der Waals surface area contributed by atoms with Gasteiger partial charge in [0.15, 0.2) is 0 Å². The summed E-state index contributed by atoms with van der Waals surface area (Å²) in [5.41, 5.74) is 4.50. The molecule has 6 rings (SSSR count). The minimum atomic E-state index is -0.400. The zero-order chi connectivity index (χ0) is 17.2. The van der Waals surface area contributed by atoms with Crippen molar-refractivity contribution in [2.45, 2.75) is 53.8 Å². The molecule has 4 bridgehead atoms. The first-order valence-corrected chi connectivity index (χ1v) is 9.16. The Labute approximate surface area is 144 Å². The first kappa shape index (κ1) is 14.9. The van der Waals surface area contributed by atoms with Crippen molar-refractivity contribution < 1.29 is 9.53 Å². The highest BCUT2D eigenvalue weighted by molar-refractivity contribution is 5.97. The predicted octanol–water partition coefficient (Wildman–Crippen LogP) is 5.02. The third kappa shape index (κ3) is 1.16. The number of hydrogen-bond donors (Lipinski definition) is 0. The molecule has 0 radical (unpaired) electrons. The van der Waals surface area contributed by atoms with Crippen LogP contribution in [0.1, 0.15) is 64.9 Å².